The molecule has 3 saturated heterocycles. The Labute approximate surface area is 133 Å². The summed E-state index contributed by atoms with van der Waals surface area (Å²) in [6.45, 7) is 6.87. The topological polar surface area (TPSA) is 33.5 Å². The molecule has 0 unspecified atom stereocenters. The molecule has 0 bridgehead atoms. The summed E-state index contributed by atoms with van der Waals surface area (Å²) in [6.07, 6.45) is 10.5. The van der Waals surface area contributed by atoms with Crippen molar-refractivity contribution in [2.45, 2.75) is 50.3 Å². The first-order valence-corrected chi connectivity index (χ1v) is 8.80. The van der Waals surface area contributed by atoms with Crippen LogP contribution in [0.2, 0.25) is 0 Å². The molecule has 4 heterocycles. The average molecular weight is 304 g/mol. The maximum absolute atomic E-state index is 6.32. The minimum atomic E-state index is 0.179. The van der Waals surface area contributed by atoms with Gasteiger partial charge in [0.15, 0.2) is 0 Å². The molecule has 5 heteroatoms. The summed E-state index contributed by atoms with van der Waals surface area (Å²) in [4.78, 5) is 5.21. The summed E-state index contributed by atoms with van der Waals surface area (Å²) in [5, 5.41) is 4.27. The van der Waals surface area contributed by atoms with Gasteiger partial charge < -0.3 is 4.74 Å². The highest BCUT2D eigenvalue weighted by Gasteiger charge is 2.44. The Morgan fingerprint density at radius 1 is 1.23 bits per heavy atom. The summed E-state index contributed by atoms with van der Waals surface area (Å²) >= 11 is 0. The van der Waals surface area contributed by atoms with Gasteiger partial charge in [-0.3, -0.25) is 14.5 Å². The Hall–Kier alpha value is -0.910. The Kier molecular flexibility index (Phi) is 3.96. The second-order valence-corrected chi connectivity index (χ2v) is 7.39. The molecule has 122 valence electrons. The van der Waals surface area contributed by atoms with Gasteiger partial charge in [-0.2, -0.15) is 5.10 Å². The van der Waals surface area contributed by atoms with E-state index < -0.39 is 0 Å². The van der Waals surface area contributed by atoms with Crippen molar-refractivity contribution >= 4 is 0 Å². The summed E-state index contributed by atoms with van der Waals surface area (Å²) in [5.74, 6) is 0. The molecular weight excluding hydrogens is 276 g/mol. The smallest absolute Gasteiger partial charge is 0.0723 e. The summed E-state index contributed by atoms with van der Waals surface area (Å²) < 4.78 is 8.21. The number of hydrogen-bond acceptors (Lipinski definition) is 4. The highest BCUT2D eigenvalue weighted by atomic mass is 16.5. The van der Waals surface area contributed by atoms with Crippen LogP contribution in [0.15, 0.2) is 12.4 Å². The lowest BCUT2D eigenvalue weighted by atomic mass is 9.87. The molecule has 0 N–H and O–H groups in total. The van der Waals surface area contributed by atoms with E-state index in [9.17, 15) is 0 Å². The molecule has 3 aliphatic rings. The van der Waals surface area contributed by atoms with E-state index in [4.69, 9.17) is 4.74 Å². The molecular formula is C17H28N4O. The quantitative estimate of drug-likeness (QED) is 0.850. The maximum Gasteiger partial charge on any atom is 0.0723 e. The van der Waals surface area contributed by atoms with Gasteiger partial charge in [0, 0.05) is 44.5 Å². The number of aryl methyl sites for hydroxylation is 1. The molecule has 0 aromatic carbocycles. The SMILES string of the molecule is Cn1cc(CN2CCC3(CC2)C[C@@H](N2CCCC2)CO3)cn1. The van der Waals surface area contributed by atoms with Crippen molar-refractivity contribution < 1.29 is 4.74 Å². The monoisotopic (exact) mass is 304 g/mol. The number of rotatable bonds is 3. The highest BCUT2D eigenvalue weighted by molar-refractivity contribution is 5.05. The predicted octanol–water partition coefficient (Wildman–Crippen LogP) is 1.64. The standard InChI is InChI=1S/C17H28N4O/c1-19-12-15(11-18-19)13-20-8-4-17(5-9-20)10-16(14-22-17)21-6-2-3-7-21/h11-12,16H,2-10,13-14H2,1H3/t16-/m1/s1. The van der Waals surface area contributed by atoms with Gasteiger partial charge in [-0.1, -0.05) is 0 Å². The zero-order chi connectivity index (χ0) is 15.0. The van der Waals surface area contributed by atoms with E-state index in [1.165, 1.54) is 50.8 Å². The van der Waals surface area contributed by atoms with Crippen molar-refractivity contribution in [1.29, 1.82) is 0 Å². The van der Waals surface area contributed by atoms with E-state index in [-0.39, 0.29) is 5.60 Å². The van der Waals surface area contributed by atoms with Crippen LogP contribution < -0.4 is 0 Å². The zero-order valence-corrected chi connectivity index (χ0v) is 13.7. The number of nitrogens with zero attached hydrogens (tertiary/aromatic N) is 4. The molecule has 0 amide bonds. The van der Waals surface area contributed by atoms with E-state index in [1.807, 2.05) is 17.9 Å². The number of piperidine rings is 1. The van der Waals surface area contributed by atoms with Gasteiger partial charge in [-0.25, -0.2) is 0 Å². The molecule has 3 fully saturated rings. The fourth-order valence-electron chi connectivity index (χ4n) is 4.44. The second-order valence-electron chi connectivity index (χ2n) is 7.39. The number of aromatic nitrogens is 2. The average Bonchev–Trinajstić information content (AvgIpc) is 3.23. The minimum Gasteiger partial charge on any atom is -0.373 e. The second kappa shape index (κ2) is 5.95. The van der Waals surface area contributed by atoms with Gasteiger partial charge in [-0.05, 0) is 45.2 Å². The Morgan fingerprint density at radius 2 is 2.00 bits per heavy atom. The van der Waals surface area contributed by atoms with Crippen LogP contribution in [0.3, 0.4) is 0 Å². The lowest BCUT2D eigenvalue weighted by Crippen LogP contribution is -2.44. The van der Waals surface area contributed by atoms with Crippen molar-refractivity contribution in [1.82, 2.24) is 19.6 Å². The summed E-state index contributed by atoms with van der Waals surface area (Å²) in [6, 6.07) is 0.687. The van der Waals surface area contributed by atoms with E-state index in [2.05, 4.69) is 21.1 Å². The van der Waals surface area contributed by atoms with E-state index in [0.717, 1.165) is 26.2 Å². The van der Waals surface area contributed by atoms with Gasteiger partial charge in [0.05, 0.1) is 18.4 Å². The van der Waals surface area contributed by atoms with Gasteiger partial charge in [0.1, 0.15) is 0 Å². The Balaban J connectivity index is 1.30. The van der Waals surface area contributed by atoms with E-state index in [0.29, 0.717) is 6.04 Å². The Bertz CT molecular complexity index is 501. The largest absolute Gasteiger partial charge is 0.373 e. The maximum atomic E-state index is 6.32. The lowest BCUT2D eigenvalue weighted by molar-refractivity contribution is -0.0452. The van der Waals surface area contributed by atoms with Crippen molar-refractivity contribution in [2.75, 3.05) is 32.8 Å². The van der Waals surface area contributed by atoms with Crippen molar-refractivity contribution in [2.24, 2.45) is 7.05 Å². The van der Waals surface area contributed by atoms with Crippen LogP contribution in [0.1, 0.15) is 37.7 Å². The van der Waals surface area contributed by atoms with Crippen molar-refractivity contribution in [3.63, 3.8) is 0 Å². The number of ether oxygens (including phenoxy) is 1. The molecule has 22 heavy (non-hydrogen) atoms. The molecule has 5 nitrogen and oxygen atoms in total. The lowest BCUT2D eigenvalue weighted by Gasteiger charge is -2.38. The van der Waals surface area contributed by atoms with Crippen LogP contribution in [0.5, 0.6) is 0 Å². The first-order chi connectivity index (χ1) is 10.7. The third-order valence-electron chi connectivity index (χ3n) is 5.78. The van der Waals surface area contributed by atoms with Crippen molar-refractivity contribution in [3.05, 3.63) is 18.0 Å². The van der Waals surface area contributed by atoms with E-state index in [1.54, 1.807) is 0 Å². The predicted molar refractivity (Wildman–Crippen MR) is 85.6 cm³/mol. The number of hydrogen-bond donors (Lipinski definition) is 0. The molecule has 1 aromatic rings. The normalized spacial score (nSPS) is 29.6. The van der Waals surface area contributed by atoms with Gasteiger partial charge in [0.2, 0.25) is 0 Å². The fraction of sp³-hybridized carbons (Fsp3) is 0.824. The first kappa shape index (κ1) is 14.7. The van der Waals surface area contributed by atoms with Gasteiger partial charge >= 0.3 is 0 Å². The Morgan fingerprint density at radius 3 is 2.68 bits per heavy atom. The van der Waals surface area contributed by atoms with Crippen LogP contribution in [-0.2, 0) is 18.3 Å². The van der Waals surface area contributed by atoms with Crippen LogP contribution >= 0.6 is 0 Å². The third kappa shape index (κ3) is 2.94. The van der Waals surface area contributed by atoms with E-state index >= 15 is 0 Å². The summed E-state index contributed by atoms with van der Waals surface area (Å²) in [7, 11) is 1.99. The molecule has 0 radical (unpaired) electrons. The highest BCUT2D eigenvalue weighted by Crippen LogP contribution is 2.38. The van der Waals surface area contributed by atoms with Gasteiger partial charge in [0.25, 0.3) is 0 Å². The first-order valence-electron chi connectivity index (χ1n) is 8.80. The third-order valence-corrected chi connectivity index (χ3v) is 5.78. The number of likely N-dealkylation sites (tertiary alicyclic amines) is 2. The van der Waals surface area contributed by atoms with Crippen molar-refractivity contribution in [3.8, 4) is 0 Å². The summed E-state index contributed by atoms with van der Waals surface area (Å²) in [5.41, 5.74) is 1.50. The van der Waals surface area contributed by atoms with Gasteiger partial charge in [-0.15, -0.1) is 0 Å². The van der Waals surface area contributed by atoms with Crippen LogP contribution in [-0.4, -0.2) is 64.0 Å². The molecule has 0 aliphatic carbocycles. The molecule has 0 saturated carbocycles. The molecule has 1 atom stereocenters. The molecule has 3 aliphatic heterocycles. The minimum absolute atomic E-state index is 0.179. The molecule has 1 spiro atoms. The molecule has 1 aromatic heterocycles. The van der Waals surface area contributed by atoms with Crippen LogP contribution in [0.4, 0.5) is 0 Å². The zero-order valence-electron chi connectivity index (χ0n) is 13.7. The fourth-order valence-corrected chi connectivity index (χ4v) is 4.44. The van der Waals surface area contributed by atoms with Crippen LogP contribution in [0, 0.1) is 0 Å². The van der Waals surface area contributed by atoms with Crippen LogP contribution in [0.25, 0.3) is 0 Å². The molecule has 4 rings (SSSR count).